The minimum absolute atomic E-state index is 0.307. The fourth-order valence-corrected chi connectivity index (χ4v) is 3.96. The fraction of sp³-hybridized carbons (Fsp3) is 0.118. The van der Waals surface area contributed by atoms with Crippen molar-refractivity contribution in [2.75, 3.05) is 12.4 Å². The molecule has 0 bridgehead atoms. The molecule has 0 spiro atoms. The zero-order valence-corrected chi connectivity index (χ0v) is 14.1. The summed E-state index contributed by atoms with van der Waals surface area (Å²) in [5, 5.41) is 14.0. The molecule has 2 N–H and O–H groups in total. The lowest BCUT2D eigenvalue weighted by molar-refractivity contribution is 0.0701. The molecule has 1 heterocycles. The van der Waals surface area contributed by atoms with Crippen molar-refractivity contribution in [3.05, 3.63) is 51.9 Å². The van der Waals surface area contributed by atoms with Crippen LogP contribution in [0.5, 0.6) is 5.75 Å². The average molecular weight is 348 g/mol. The molecule has 6 heteroatoms. The van der Waals surface area contributed by atoms with Gasteiger partial charge in [-0.2, -0.15) is 0 Å². The summed E-state index contributed by atoms with van der Waals surface area (Å²) in [6.45, 7) is 1.78. The Balaban J connectivity index is 2.12. The molecule has 0 aliphatic carbocycles. The number of aryl methyl sites for hydroxylation is 1. The highest BCUT2D eigenvalue weighted by atomic mass is 35.5. The quantitative estimate of drug-likeness (QED) is 0.671. The largest absolute Gasteiger partial charge is 0.497 e. The van der Waals surface area contributed by atoms with Crippen LogP contribution < -0.4 is 10.1 Å². The molecule has 23 heavy (non-hydrogen) atoms. The van der Waals surface area contributed by atoms with Crippen LogP contribution in [0.4, 0.5) is 11.4 Å². The van der Waals surface area contributed by atoms with Gasteiger partial charge in [0.05, 0.1) is 17.5 Å². The lowest BCUT2D eigenvalue weighted by atomic mass is 10.1. The molecule has 1 aromatic heterocycles. The number of methoxy groups -OCH3 is 1. The van der Waals surface area contributed by atoms with Crippen LogP contribution in [0, 0.1) is 6.92 Å². The highest BCUT2D eigenvalue weighted by Gasteiger charge is 2.18. The first-order chi connectivity index (χ1) is 11.0. The number of benzene rings is 2. The summed E-state index contributed by atoms with van der Waals surface area (Å²) in [4.78, 5) is 11.7. The summed E-state index contributed by atoms with van der Waals surface area (Å²) in [5.74, 6) is -0.194. The number of nitrogens with one attached hydrogen (secondary N) is 1. The summed E-state index contributed by atoms with van der Waals surface area (Å²) >= 11 is 7.49. The van der Waals surface area contributed by atoms with Crippen LogP contribution in [-0.4, -0.2) is 18.2 Å². The Morgan fingerprint density at radius 1 is 1.30 bits per heavy atom. The van der Waals surface area contributed by atoms with Crippen LogP contribution in [0.1, 0.15) is 15.2 Å². The number of thiophene rings is 1. The van der Waals surface area contributed by atoms with Gasteiger partial charge in [-0.05, 0) is 36.8 Å². The minimum atomic E-state index is -0.938. The topological polar surface area (TPSA) is 58.6 Å². The number of hydrogen-bond acceptors (Lipinski definition) is 4. The molecule has 0 amide bonds. The van der Waals surface area contributed by atoms with Gasteiger partial charge in [0, 0.05) is 22.2 Å². The molecular formula is C17H14ClNO3S. The predicted molar refractivity (Wildman–Crippen MR) is 94.8 cm³/mol. The molecular weight excluding hydrogens is 334 g/mol. The number of ether oxygens (including phenoxy) is 1. The summed E-state index contributed by atoms with van der Waals surface area (Å²) in [5.41, 5.74) is 2.37. The van der Waals surface area contributed by atoms with Gasteiger partial charge >= 0.3 is 5.97 Å². The van der Waals surface area contributed by atoms with E-state index in [1.54, 1.807) is 20.1 Å². The first kappa shape index (κ1) is 15.6. The molecule has 118 valence electrons. The lowest BCUT2D eigenvalue weighted by Crippen LogP contribution is -1.93. The molecule has 2 aromatic carbocycles. The number of carbonyl (C=O) groups is 1. The number of rotatable bonds is 4. The number of halogens is 1. The Hall–Kier alpha value is -2.24. The third kappa shape index (κ3) is 2.85. The number of carboxylic acids is 1. The van der Waals surface area contributed by atoms with Gasteiger partial charge in [0.1, 0.15) is 10.6 Å². The maximum absolute atomic E-state index is 11.4. The van der Waals surface area contributed by atoms with Gasteiger partial charge < -0.3 is 15.2 Å². The lowest BCUT2D eigenvalue weighted by Gasteiger charge is -2.10. The van der Waals surface area contributed by atoms with E-state index in [0.29, 0.717) is 15.5 Å². The highest BCUT2D eigenvalue weighted by molar-refractivity contribution is 7.21. The summed E-state index contributed by atoms with van der Waals surface area (Å²) in [6, 6.07) is 11.2. The maximum atomic E-state index is 11.4. The van der Waals surface area contributed by atoms with Crippen molar-refractivity contribution in [1.82, 2.24) is 0 Å². The summed E-state index contributed by atoms with van der Waals surface area (Å²) < 4.78 is 6.05. The molecule has 3 aromatic rings. The summed E-state index contributed by atoms with van der Waals surface area (Å²) in [6.07, 6.45) is 0. The van der Waals surface area contributed by atoms with Gasteiger partial charge in [0.15, 0.2) is 0 Å². The van der Waals surface area contributed by atoms with Crippen LogP contribution in [0.25, 0.3) is 10.1 Å². The van der Waals surface area contributed by atoms with E-state index in [4.69, 9.17) is 16.3 Å². The SMILES string of the molecule is COc1cccc(Nc2ccc(Cl)c3c(C)c(C(=O)O)sc23)c1. The van der Waals surface area contributed by atoms with E-state index in [9.17, 15) is 9.90 Å². The molecule has 0 unspecified atom stereocenters. The van der Waals surface area contributed by atoms with Gasteiger partial charge in [-0.1, -0.05) is 17.7 Å². The highest BCUT2D eigenvalue weighted by Crippen LogP contribution is 2.41. The van der Waals surface area contributed by atoms with Crippen LogP contribution in [0.15, 0.2) is 36.4 Å². The number of hydrogen-bond donors (Lipinski definition) is 2. The van der Waals surface area contributed by atoms with Gasteiger partial charge in [-0.3, -0.25) is 0 Å². The van der Waals surface area contributed by atoms with Crippen molar-refractivity contribution in [1.29, 1.82) is 0 Å². The van der Waals surface area contributed by atoms with E-state index in [2.05, 4.69) is 5.32 Å². The Bertz CT molecular complexity index is 904. The number of fused-ring (bicyclic) bond motifs is 1. The summed E-state index contributed by atoms with van der Waals surface area (Å²) in [7, 11) is 1.61. The van der Waals surface area contributed by atoms with Crippen molar-refractivity contribution in [2.24, 2.45) is 0 Å². The Morgan fingerprint density at radius 2 is 2.09 bits per heavy atom. The van der Waals surface area contributed by atoms with Crippen molar-refractivity contribution >= 4 is 50.4 Å². The Labute approximate surface area is 142 Å². The van der Waals surface area contributed by atoms with E-state index in [1.807, 2.05) is 30.3 Å². The molecule has 4 nitrogen and oxygen atoms in total. The van der Waals surface area contributed by atoms with Crippen LogP contribution >= 0.6 is 22.9 Å². The fourth-order valence-electron chi connectivity index (χ4n) is 2.47. The predicted octanol–water partition coefficient (Wildman–Crippen LogP) is 5.31. The number of aromatic carboxylic acids is 1. The van der Waals surface area contributed by atoms with Gasteiger partial charge in [0.25, 0.3) is 0 Å². The molecule has 0 fully saturated rings. The number of carboxylic acid groups (broad SMARTS) is 1. The molecule has 0 atom stereocenters. The normalized spacial score (nSPS) is 10.7. The molecule has 0 saturated carbocycles. The van der Waals surface area contributed by atoms with E-state index in [-0.39, 0.29) is 0 Å². The molecule has 0 saturated heterocycles. The zero-order chi connectivity index (χ0) is 16.6. The van der Waals surface area contributed by atoms with Crippen molar-refractivity contribution in [3.63, 3.8) is 0 Å². The first-order valence-electron chi connectivity index (χ1n) is 6.87. The van der Waals surface area contributed by atoms with Crippen LogP contribution in [0.3, 0.4) is 0 Å². The van der Waals surface area contributed by atoms with E-state index in [0.717, 1.165) is 27.2 Å². The molecule has 0 aliphatic rings. The van der Waals surface area contributed by atoms with Gasteiger partial charge in [-0.15, -0.1) is 11.3 Å². The standard InChI is InChI=1S/C17H14ClNO3S/c1-9-14-12(18)6-7-13(16(14)23-15(9)17(20)21)19-10-4-3-5-11(8-10)22-2/h3-8,19H,1-2H3,(H,20,21). The van der Waals surface area contributed by atoms with E-state index >= 15 is 0 Å². The van der Waals surface area contributed by atoms with E-state index < -0.39 is 5.97 Å². The molecule has 0 aliphatic heterocycles. The Kier molecular flexibility index (Phi) is 4.15. The molecule has 3 rings (SSSR count). The van der Waals surface area contributed by atoms with E-state index in [1.165, 1.54) is 11.3 Å². The molecule has 0 radical (unpaired) electrons. The average Bonchev–Trinajstić information content (AvgIpc) is 2.89. The first-order valence-corrected chi connectivity index (χ1v) is 8.06. The number of anilines is 2. The van der Waals surface area contributed by atoms with Crippen molar-refractivity contribution in [2.45, 2.75) is 6.92 Å². The third-order valence-corrected chi connectivity index (χ3v) is 5.20. The smallest absolute Gasteiger partial charge is 0.346 e. The Morgan fingerprint density at radius 3 is 2.78 bits per heavy atom. The maximum Gasteiger partial charge on any atom is 0.346 e. The van der Waals surface area contributed by atoms with Gasteiger partial charge in [-0.25, -0.2) is 4.79 Å². The van der Waals surface area contributed by atoms with Gasteiger partial charge in [0.2, 0.25) is 0 Å². The monoisotopic (exact) mass is 347 g/mol. The van der Waals surface area contributed by atoms with Crippen molar-refractivity contribution in [3.8, 4) is 5.75 Å². The second-order valence-electron chi connectivity index (χ2n) is 5.02. The zero-order valence-electron chi connectivity index (χ0n) is 12.5. The van der Waals surface area contributed by atoms with Crippen molar-refractivity contribution < 1.29 is 14.6 Å². The van der Waals surface area contributed by atoms with Crippen LogP contribution in [-0.2, 0) is 0 Å². The third-order valence-electron chi connectivity index (χ3n) is 3.57. The second kappa shape index (κ2) is 6.10. The van der Waals surface area contributed by atoms with Crippen LogP contribution in [0.2, 0.25) is 5.02 Å². The minimum Gasteiger partial charge on any atom is -0.497 e. The second-order valence-corrected chi connectivity index (χ2v) is 6.45.